The van der Waals surface area contributed by atoms with Gasteiger partial charge in [0.25, 0.3) is 15.0 Å². The van der Waals surface area contributed by atoms with Crippen molar-refractivity contribution in [1.29, 1.82) is 0 Å². The van der Waals surface area contributed by atoms with Crippen LogP contribution in [0.2, 0.25) is 0 Å². The first-order valence-electron chi connectivity index (χ1n) is 27.5. The number of amides is 1. The van der Waals surface area contributed by atoms with Crippen LogP contribution in [0.4, 0.5) is 26.1 Å². The topological polar surface area (TPSA) is 315 Å². The van der Waals surface area contributed by atoms with Gasteiger partial charge in [-0.1, -0.05) is 66.7 Å². The van der Waals surface area contributed by atoms with Crippen LogP contribution in [0, 0.1) is 0 Å². The lowest BCUT2D eigenvalue weighted by atomic mass is 9.95. The van der Waals surface area contributed by atoms with E-state index in [4.69, 9.17) is 48.5 Å². The first-order valence-corrected chi connectivity index (χ1v) is 32.6. The molecule has 4 N–H and O–H groups in total. The molecular weight excluding hydrogens is 1190 g/mol. The molecule has 3 saturated heterocycles. The summed E-state index contributed by atoms with van der Waals surface area (Å²) in [6.07, 6.45) is -7.42. The number of aromatic nitrogens is 11. The molecule has 4 aliphatic rings. The van der Waals surface area contributed by atoms with Gasteiger partial charge < -0.3 is 44.4 Å². The molecule has 4 aliphatic heterocycles. The summed E-state index contributed by atoms with van der Waals surface area (Å²) in [6, 6.07) is 28.4. The molecule has 1 amide bonds. The number of anilines is 3. The van der Waals surface area contributed by atoms with E-state index < -0.39 is 82.7 Å². The van der Waals surface area contributed by atoms with Crippen LogP contribution < -0.4 is 25.8 Å². The first-order chi connectivity index (χ1) is 42.1. The summed E-state index contributed by atoms with van der Waals surface area (Å²) in [4.78, 5) is 53.6. The Kier molecular flexibility index (Phi) is 15.9. The molecule has 10 atom stereocenters. The monoisotopic (exact) mass is 1240 g/mol. The quantitative estimate of drug-likeness (QED) is 0.0482. The highest BCUT2D eigenvalue weighted by atomic mass is 32.7. The molecule has 13 rings (SSSR count). The van der Waals surface area contributed by atoms with Crippen LogP contribution in [0.15, 0.2) is 122 Å². The minimum Gasteiger partial charge on any atom is -0.492 e. The Bertz CT molecular complexity index is 4170. The fraction of sp³-hybridized carbons (Fsp3) is 0.309. The zero-order valence-corrected chi connectivity index (χ0v) is 48.9. The second kappa shape index (κ2) is 23.9. The number of carbonyl (C=O) groups is 2. The minimum absolute atomic E-state index is 0.0250. The molecular formula is C55H53BF2N14O12P2S. The second-order valence-electron chi connectivity index (χ2n) is 20.7. The summed E-state index contributed by atoms with van der Waals surface area (Å²) < 4.78 is 115. The molecule has 32 heteroatoms. The van der Waals surface area contributed by atoms with Gasteiger partial charge in [-0.15, -0.1) is 5.10 Å². The number of rotatable bonds is 13. The van der Waals surface area contributed by atoms with Crippen molar-refractivity contribution in [3.63, 3.8) is 0 Å². The standard InChI is InChI=1S/C55H53BF2N14O12P2S/c1-2-7-40(73)69-22-32-8-3-4-9-35(32)43-46(36-10-5-6-11-37(36)69)72(68-67-43)20-21-77-33-18-14-31(15-19-33)55(74)80-34-16-12-30(13-17-34)25-87-86(76)79-24-39-47(41(57)53(82-39)70-28-65-44-49(59)61-26-63-51(44)70)83-85(56,75)78-23-38-48(84-86)42(58)54(81-38)71-29-66-45-50(60)62-27-64-52(45)71/h3-6,8-19,26-29,38-39,41-42,47-48,53-54H,2,7,20-25,56H2,1H3,(H2,59,61,63)(H2,60,62,64)/t38-,39-,41-,42-,47-,48-,53-,54-,85+,86+/m1/s1. The Morgan fingerprint density at radius 2 is 1.36 bits per heavy atom. The summed E-state index contributed by atoms with van der Waals surface area (Å²) in [7, 11) is -3.12. The zero-order chi connectivity index (χ0) is 60.1. The summed E-state index contributed by atoms with van der Waals surface area (Å²) >= 11 is 0.682. The van der Waals surface area contributed by atoms with Crippen LogP contribution in [0.1, 0.15) is 53.7 Å². The van der Waals surface area contributed by atoms with Gasteiger partial charge >= 0.3 is 12.8 Å². The van der Waals surface area contributed by atoms with Crippen LogP contribution in [0.5, 0.6) is 11.5 Å². The highest BCUT2D eigenvalue weighted by molar-refractivity contribution is 8.54. The number of benzene rings is 4. The summed E-state index contributed by atoms with van der Waals surface area (Å²) in [6.45, 7) is -3.02. The van der Waals surface area contributed by atoms with E-state index in [0.717, 1.165) is 35.6 Å². The lowest BCUT2D eigenvalue weighted by molar-refractivity contribution is -0.118. The van der Waals surface area contributed by atoms with E-state index in [1.165, 1.54) is 46.6 Å². The van der Waals surface area contributed by atoms with Crippen molar-refractivity contribution in [3.8, 4) is 34.0 Å². The predicted molar refractivity (Wildman–Crippen MR) is 314 cm³/mol. The number of nitrogen functional groups attached to an aromatic ring is 2. The Morgan fingerprint density at radius 3 is 2.02 bits per heavy atom. The van der Waals surface area contributed by atoms with Crippen molar-refractivity contribution >= 4 is 84.7 Å². The predicted octanol–water partition coefficient (Wildman–Crippen LogP) is 7.77. The maximum absolute atomic E-state index is 17.1. The van der Waals surface area contributed by atoms with Gasteiger partial charge in [0, 0.05) is 23.3 Å². The molecule has 448 valence electrons. The van der Waals surface area contributed by atoms with Crippen molar-refractivity contribution < 1.29 is 64.5 Å². The van der Waals surface area contributed by atoms with E-state index in [0.29, 0.717) is 54.3 Å². The molecule has 0 spiro atoms. The lowest BCUT2D eigenvalue weighted by Gasteiger charge is -2.30. The van der Waals surface area contributed by atoms with Crippen LogP contribution in [-0.2, 0) is 60.3 Å². The minimum atomic E-state index is -4.59. The zero-order valence-electron chi connectivity index (χ0n) is 46.3. The van der Waals surface area contributed by atoms with Crippen LogP contribution in [-0.4, -0.2) is 130 Å². The molecule has 26 nitrogen and oxygen atoms in total. The van der Waals surface area contributed by atoms with E-state index in [9.17, 15) is 14.2 Å². The van der Waals surface area contributed by atoms with Gasteiger partial charge in [0.1, 0.15) is 71.9 Å². The Hall–Kier alpha value is -8.05. The van der Waals surface area contributed by atoms with Crippen LogP contribution in [0.25, 0.3) is 44.8 Å². The number of halogens is 2. The molecule has 4 aromatic carbocycles. The molecule has 5 aromatic heterocycles. The van der Waals surface area contributed by atoms with E-state index in [2.05, 4.69) is 40.2 Å². The van der Waals surface area contributed by atoms with Crippen molar-refractivity contribution in [2.45, 2.75) is 87.8 Å². The van der Waals surface area contributed by atoms with Gasteiger partial charge in [-0.2, -0.15) is 0 Å². The molecule has 87 heavy (non-hydrogen) atoms. The number of nitrogens with two attached hydrogens (primary N) is 2. The van der Waals surface area contributed by atoms with E-state index >= 15 is 13.3 Å². The SMILES string of the molecule is B[P@]1(=O)OC[C@H]2O[C@@H](n3cnc4c(N)ncnc43)[C@H](F)[C@@H]2O[P@@](=O)(SCc2ccc(OC(=O)c3ccc(OCCn4nnc5c4-c4ccccc4N(C(=O)CCC)Cc4ccccc4-5)cc3)cc2)OC[C@H]2O[C@@H](n3cnc4c(N)ncnc43)[C@H](F)[C@@H]2O1. The van der Waals surface area contributed by atoms with E-state index in [1.807, 2.05) is 60.4 Å². The Morgan fingerprint density at radius 1 is 0.747 bits per heavy atom. The van der Waals surface area contributed by atoms with Gasteiger partial charge in [-0.05, 0) is 71.4 Å². The maximum Gasteiger partial charge on any atom is 0.389 e. The number of fused-ring (bicyclic) bond motifs is 9. The van der Waals surface area contributed by atoms with Crippen molar-refractivity contribution in [3.05, 3.63) is 139 Å². The van der Waals surface area contributed by atoms with E-state index in [-0.39, 0.29) is 63.5 Å². The smallest absolute Gasteiger partial charge is 0.389 e. The number of hydrogen-bond donors (Lipinski definition) is 2. The number of nitrogens with zero attached hydrogens (tertiary/aromatic N) is 12. The molecule has 0 aliphatic carbocycles. The van der Waals surface area contributed by atoms with Gasteiger partial charge in [0.2, 0.25) is 5.91 Å². The molecule has 9 heterocycles. The first kappa shape index (κ1) is 58.0. The lowest BCUT2D eigenvalue weighted by Crippen LogP contribution is -2.37. The number of ether oxygens (including phenoxy) is 4. The largest absolute Gasteiger partial charge is 0.492 e. The summed E-state index contributed by atoms with van der Waals surface area (Å²) in [5.74, 6) is 0.0278. The summed E-state index contributed by atoms with van der Waals surface area (Å²) in [5.41, 5.74) is 18.3. The highest BCUT2D eigenvalue weighted by Gasteiger charge is 2.55. The molecule has 3 fully saturated rings. The van der Waals surface area contributed by atoms with Gasteiger partial charge in [-0.3, -0.25) is 27.5 Å². The Labute approximate surface area is 498 Å². The molecule has 0 unspecified atom stereocenters. The average Bonchev–Trinajstić information content (AvgIpc) is 1.88. The molecule has 0 saturated carbocycles. The second-order valence-corrected chi connectivity index (χ2v) is 26.8. The number of carbonyl (C=O) groups excluding carboxylic acids is 2. The average molecular weight is 1240 g/mol. The van der Waals surface area contributed by atoms with Crippen molar-refractivity contribution in [2.75, 3.05) is 36.2 Å². The highest BCUT2D eigenvalue weighted by Crippen LogP contribution is 2.65. The van der Waals surface area contributed by atoms with Crippen molar-refractivity contribution in [1.82, 2.24) is 54.0 Å². The number of para-hydroxylation sites is 1. The molecule has 0 bridgehead atoms. The van der Waals surface area contributed by atoms with E-state index in [1.54, 1.807) is 41.1 Å². The number of hydrogen-bond acceptors (Lipinski definition) is 23. The van der Waals surface area contributed by atoms with Gasteiger partial charge in [0.05, 0.1) is 55.9 Å². The Balaban J connectivity index is 0.687. The van der Waals surface area contributed by atoms with Gasteiger partial charge in [0.15, 0.2) is 47.7 Å². The fourth-order valence-corrected chi connectivity index (χ4v) is 15.4. The molecule has 9 aromatic rings. The van der Waals surface area contributed by atoms with Crippen LogP contribution in [0.3, 0.4) is 0 Å². The third kappa shape index (κ3) is 11.5. The third-order valence-corrected chi connectivity index (χ3v) is 19.9. The van der Waals surface area contributed by atoms with Crippen LogP contribution >= 0.6 is 25.7 Å². The maximum atomic E-state index is 17.1. The number of alkyl halides is 2. The van der Waals surface area contributed by atoms with Crippen molar-refractivity contribution in [2.24, 2.45) is 0 Å². The fourth-order valence-electron chi connectivity index (χ4n) is 10.8. The summed E-state index contributed by atoms with van der Waals surface area (Å²) in [5, 5.41) is 9.18. The van der Waals surface area contributed by atoms with Gasteiger partial charge in [-0.25, -0.2) is 52.7 Å². The third-order valence-electron chi connectivity index (χ3n) is 15.0. The number of esters is 1. The molecule has 0 radical (unpaired) electrons. The number of imidazole rings is 2. The normalized spacial score (nSPS) is 25.4.